The number of halogens is 1. The van der Waals surface area contributed by atoms with Gasteiger partial charge in [0.2, 0.25) is 5.91 Å². The summed E-state index contributed by atoms with van der Waals surface area (Å²) in [7, 11) is 0. The normalized spacial score (nSPS) is 28.6. The lowest BCUT2D eigenvalue weighted by molar-refractivity contribution is -0.131. The SMILES string of the molecule is O=C(NCc1ccccc1)[C@H]1C[C@@H](O)[C@H](O)[C@H]2NC(=S)N(c3ccc(Cl)cc3)[C@@H]21. The predicted octanol–water partition coefficient (Wildman–Crippen LogP) is 1.83. The topological polar surface area (TPSA) is 84.8 Å². The number of carbonyl (C=O) groups is 1. The fourth-order valence-electron chi connectivity index (χ4n) is 4.16. The number of aliphatic hydroxyl groups excluding tert-OH is 2. The molecule has 6 nitrogen and oxygen atoms in total. The molecule has 2 aromatic carbocycles. The summed E-state index contributed by atoms with van der Waals surface area (Å²) in [5.41, 5.74) is 1.77. The van der Waals surface area contributed by atoms with Crippen molar-refractivity contribution in [3.05, 3.63) is 65.2 Å². The molecule has 4 N–H and O–H groups in total. The number of aliphatic hydroxyl groups is 2. The summed E-state index contributed by atoms with van der Waals surface area (Å²) in [4.78, 5) is 14.9. The third-order valence-corrected chi connectivity index (χ3v) is 6.16. The van der Waals surface area contributed by atoms with Gasteiger partial charge in [-0.05, 0) is 48.5 Å². The highest BCUT2D eigenvalue weighted by molar-refractivity contribution is 7.80. The van der Waals surface area contributed by atoms with Gasteiger partial charge in [-0.2, -0.15) is 0 Å². The van der Waals surface area contributed by atoms with Crippen LogP contribution in [-0.4, -0.2) is 45.5 Å². The maximum atomic E-state index is 13.1. The van der Waals surface area contributed by atoms with Crippen LogP contribution in [0.4, 0.5) is 5.69 Å². The predicted molar refractivity (Wildman–Crippen MR) is 116 cm³/mol. The van der Waals surface area contributed by atoms with E-state index in [1.54, 1.807) is 12.1 Å². The Bertz CT molecular complexity index is 896. The van der Waals surface area contributed by atoms with E-state index in [4.69, 9.17) is 23.8 Å². The number of rotatable bonds is 4. The van der Waals surface area contributed by atoms with Gasteiger partial charge in [-0.1, -0.05) is 41.9 Å². The standard InChI is InChI=1S/C21H22ClN3O3S/c22-13-6-8-14(9-7-13)25-18-15(10-16(26)19(27)17(18)24-21(25)29)20(28)23-11-12-4-2-1-3-5-12/h1-9,15-19,26-27H,10-11H2,(H,23,28)(H,24,29)/t15-,16+,17-,18+,19-/m0/s1. The van der Waals surface area contributed by atoms with E-state index in [9.17, 15) is 15.0 Å². The van der Waals surface area contributed by atoms with E-state index in [1.165, 1.54) is 0 Å². The van der Waals surface area contributed by atoms with Crippen molar-refractivity contribution < 1.29 is 15.0 Å². The van der Waals surface area contributed by atoms with E-state index >= 15 is 0 Å². The van der Waals surface area contributed by atoms with Crippen molar-refractivity contribution >= 4 is 40.5 Å². The summed E-state index contributed by atoms with van der Waals surface area (Å²) < 4.78 is 0. The lowest BCUT2D eigenvalue weighted by Gasteiger charge is -2.41. The molecule has 0 aromatic heterocycles. The van der Waals surface area contributed by atoms with Crippen LogP contribution in [0.25, 0.3) is 0 Å². The fourth-order valence-corrected chi connectivity index (χ4v) is 4.65. The van der Waals surface area contributed by atoms with Crippen molar-refractivity contribution in [3.63, 3.8) is 0 Å². The van der Waals surface area contributed by atoms with Crippen LogP contribution in [0, 0.1) is 5.92 Å². The lowest BCUT2D eigenvalue weighted by atomic mass is 9.77. The second-order valence-electron chi connectivity index (χ2n) is 7.42. The number of benzene rings is 2. The summed E-state index contributed by atoms with van der Waals surface area (Å²) in [6, 6.07) is 15.8. The number of hydrogen-bond donors (Lipinski definition) is 4. The van der Waals surface area contributed by atoms with Crippen molar-refractivity contribution in [1.29, 1.82) is 0 Å². The maximum Gasteiger partial charge on any atom is 0.225 e. The monoisotopic (exact) mass is 431 g/mol. The minimum Gasteiger partial charge on any atom is -0.390 e. The summed E-state index contributed by atoms with van der Waals surface area (Å²) in [6.45, 7) is 0.394. The Balaban J connectivity index is 1.60. The number of thiocarbonyl (C=S) groups is 1. The Kier molecular flexibility index (Phi) is 5.74. The minimum absolute atomic E-state index is 0.150. The number of nitrogens with zero attached hydrogens (tertiary/aromatic N) is 1. The van der Waals surface area contributed by atoms with Crippen LogP contribution >= 0.6 is 23.8 Å². The number of carbonyl (C=O) groups excluding carboxylic acids is 1. The molecular formula is C21H22ClN3O3S. The molecule has 2 fully saturated rings. The average molecular weight is 432 g/mol. The quantitative estimate of drug-likeness (QED) is 0.553. The van der Waals surface area contributed by atoms with Crippen LogP contribution < -0.4 is 15.5 Å². The van der Waals surface area contributed by atoms with Gasteiger partial charge in [0.1, 0.15) is 6.10 Å². The smallest absolute Gasteiger partial charge is 0.225 e. The number of anilines is 1. The zero-order valence-electron chi connectivity index (χ0n) is 15.5. The van der Waals surface area contributed by atoms with Crippen LogP contribution in [0.5, 0.6) is 0 Å². The molecule has 0 spiro atoms. The molecule has 1 saturated heterocycles. The van der Waals surface area contributed by atoms with Crippen molar-refractivity contribution in [2.45, 2.75) is 37.3 Å². The van der Waals surface area contributed by atoms with Gasteiger partial charge in [-0.3, -0.25) is 4.79 Å². The van der Waals surface area contributed by atoms with Crippen LogP contribution in [0.2, 0.25) is 5.02 Å². The molecule has 0 unspecified atom stereocenters. The highest BCUT2D eigenvalue weighted by Crippen LogP contribution is 2.37. The van der Waals surface area contributed by atoms with E-state index in [-0.39, 0.29) is 12.3 Å². The van der Waals surface area contributed by atoms with Crippen LogP contribution in [-0.2, 0) is 11.3 Å². The second-order valence-corrected chi connectivity index (χ2v) is 8.24. The largest absolute Gasteiger partial charge is 0.390 e. The van der Waals surface area contributed by atoms with E-state index in [1.807, 2.05) is 47.4 Å². The van der Waals surface area contributed by atoms with Crippen molar-refractivity contribution in [3.8, 4) is 0 Å². The first-order valence-electron chi connectivity index (χ1n) is 9.49. The van der Waals surface area contributed by atoms with Crippen LogP contribution in [0.1, 0.15) is 12.0 Å². The van der Waals surface area contributed by atoms with Gasteiger partial charge in [-0.15, -0.1) is 0 Å². The number of nitrogens with one attached hydrogen (secondary N) is 2. The van der Waals surface area contributed by atoms with Crippen molar-refractivity contribution in [2.75, 3.05) is 4.90 Å². The van der Waals surface area contributed by atoms with E-state index in [2.05, 4.69) is 10.6 Å². The molecule has 5 atom stereocenters. The summed E-state index contributed by atoms with van der Waals surface area (Å²) in [5, 5.41) is 28.0. The highest BCUT2D eigenvalue weighted by atomic mass is 35.5. The number of fused-ring (bicyclic) bond motifs is 1. The zero-order chi connectivity index (χ0) is 20.5. The molecule has 1 saturated carbocycles. The summed E-state index contributed by atoms with van der Waals surface area (Å²) in [5.74, 6) is -0.731. The molecule has 2 aromatic rings. The molecule has 8 heteroatoms. The number of amides is 1. The van der Waals surface area contributed by atoms with E-state index in [0.717, 1.165) is 11.3 Å². The van der Waals surface area contributed by atoms with Crippen LogP contribution in [0.15, 0.2) is 54.6 Å². The molecular weight excluding hydrogens is 410 g/mol. The Morgan fingerprint density at radius 1 is 1.17 bits per heavy atom. The summed E-state index contributed by atoms with van der Waals surface area (Å²) in [6.07, 6.45) is -1.88. The van der Waals surface area contributed by atoms with Crippen LogP contribution in [0.3, 0.4) is 0 Å². The van der Waals surface area contributed by atoms with Gasteiger partial charge >= 0.3 is 0 Å². The highest BCUT2D eigenvalue weighted by Gasteiger charge is 2.53. The van der Waals surface area contributed by atoms with Crippen molar-refractivity contribution in [1.82, 2.24) is 10.6 Å². The Morgan fingerprint density at radius 2 is 1.86 bits per heavy atom. The molecule has 1 aliphatic carbocycles. The summed E-state index contributed by atoms with van der Waals surface area (Å²) >= 11 is 11.5. The second kappa shape index (κ2) is 8.28. The molecule has 0 radical (unpaired) electrons. The van der Waals surface area contributed by atoms with Gasteiger partial charge in [0.05, 0.1) is 24.1 Å². The third kappa shape index (κ3) is 3.96. The van der Waals surface area contributed by atoms with Gasteiger partial charge in [-0.25, -0.2) is 0 Å². The Labute approximate surface area is 179 Å². The minimum atomic E-state index is -1.02. The Hall–Kier alpha value is -2.19. The number of hydrogen-bond acceptors (Lipinski definition) is 4. The third-order valence-electron chi connectivity index (χ3n) is 5.60. The Morgan fingerprint density at radius 3 is 2.55 bits per heavy atom. The molecule has 4 rings (SSSR count). The van der Waals surface area contributed by atoms with E-state index in [0.29, 0.717) is 16.7 Å². The van der Waals surface area contributed by atoms with Crippen molar-refractivity contribution in [2.24, 2.45) is 5.92 Å². The molecule has 2 aliphatic rings. The van der Waals surface area contributed by atoms with Gasteiger partial charge in [0.15, 0.2) is 5.11 Å². The van der Waals surface area contributed by atoms with Gasteiger partial charge in [0.25, 0.3) is 0 Å². The lowest BCUT2D eigenvalue weighted by Crippen LogP contribution is -2.60. The van der Waals surface area contributed by atoms with Gasteiger partial charge in [0, 0.05) is 17.3 Å². The van der Waals surface area contributed by atoms with E-state index < -0.39 is 30.2 Å². The fraction of sp³-hybridized carbons (Fsp3) is 0.333. The molecule has 29 heavy (non-hydrogen) atoms. The first-order chi connectivity index (χ1) is 14.0. The average Bonchev–Trinajstić information content (AvgIpc) is 3.07. The molecule has 1 amide bonds. The molecule has 1 heterocycles. The molecule has 1 aliphatic heterocycles. The zero-order valence-corrected chi connectivity index (χ0v) is 17.1. The molecule has 152 valence electrons. The molecule has 0 bridgehead atoms. The van der Waals surface area contributed by atoms with Gasteiger partial charge < -0.3 is 25.7 Å². The maximum absolute atomic E-state index is 13.1. The first-order valence-corrected chi connectivity index (χ1v) is 10.3. The first kappa shape index (κ1) is 20.1.